The lowest BCUT2D eigenvalue weighted by atomic mass is 9.93. The van der Waals surface area contributed by atoms with E-state index >= 15 is 0 Å². The third-order valence-corrected chi connectivity index (χ3v) is 3.31. The van der Waals surface area contributed by atoms with Gasteiger partial charge in [-0.1, -0.05) is 0 Å². The summed E-state index contributed by atoms with van der Waals surface area (Å²) in [5.74, 6) is 1.22. The summed E-state index contributed by atoms with van der Waals surface area (Å²) in [5, 5.41) is 3.59. The highest BCUT2D eigenvalue weighted by Crippen LogP contribution is 2.20. The lowest BCUT2D eigenvalue weighted by Gasteiger charge is -2.28. The van der Waals surface area contributed by atoms with Gasteiger partial charge in [0.1, 0.15) is 0 Å². The molecule has 1 aliphatic carbocycles. The fourth-order valence-electron chi connectivity index (χ4n) is 1.91. The molecule has 0 aromatic heterocycles. The van der Waals surface area contributed by atoms with Crippen molar-refractivity contribution in [1.29, 1.82) is 0 Å². The molecule has 1 fully saturated rings. The average molecular weight is 203 g/mol. The molecule has 2 unspecified atom stereocenters. The largest absolute Gasteiger partial charge is 0.381 e. The van der Waals surface area contributed by atoms with E-state index in [1.165, 1.54) is 31.4 Å². The van der Waals surface area contributed by atoms with E-state index in [-0.39, 0.29) is 0 Å². The van der Waals surface area contributed by atoms with Crippen LogP contribution in [-0.4, -0.2) is 37.8 Å². The van der Waals surface area contributed by atoms with Gasteiger partial charge in [-0.05, 0) is 31.9 Å². The van der Waals surface area contributed by atoms with Gasteiger partial charge < -0.3 is 10.1 Å². The van der Waals surface area contributed by atoms with Gasteiger partial charge in [0.15, 0.2) is 0 Å². The highest BCUT2D eigenvalue weighted by Gasteiger charge is 2.20. The SMILES string of the molecule is COC1CCCC(NCCSC)C1. The van der Waals surface area contributed by atoms with Crippen molar-refractivity contribution in [3.63, 3.8) is 0 Å². The van der Waals surface area contributed by atoms with Crippen LogP contribution < -0.4 is 5.32 Å². The summed E-state index contributed by atoms with van der Waals surface area (Å²) in [6, 6.07) is 0.700. The first-order valence-corrected chi connectivity index (χ1v) is 6.51. The highest BCUT2D eigenvalue weighted by atomic mass is 32.2. The van der Waals surface area contributed by atoms with Crippen LogP contribution in [0, 0.1) is 0 Å². The van der Waals surface area contributed by atoms with Gasteiger partial charge in [0, 0.05) is 25.4 Å². The van der Waals surface area contributed by atoms with Crippen molar-refractivity contribution >= 4 is 11.8 Å². The number of hydrogen-bond donors (Lipinski definition) is 1. The molecular formula is C10H21NOS. The second-order valence-corrected chi connectivity index (χ2v) is 4.65. The standard InChI is InChI=1S/C10H21NOS/c1-12-10-5-3-4-9(8-10)11-6-7-13-2/h9-11H,3-8H2,1-2H3. The van der Waals surface area contributed by atoms with Crippen LogP contribution in [0.25, 0.3) is 0 Å². The molecule has 0 spiro atoms. The summed E-state index contributed by atoms with van der Waals surface area (Å²) in [7, 11) is 1.83. The van der Waals surface area contributed by atoms with Crippen LogP contribution in [0.4, 0.5) is 0 Å². The Morgan fingerprint density at radius 1 is 1.46 bits per heavy atom. The monoisotopic (exact) mass is 203 g/mol. The Labute approximate surface area is 85.8 Å². The first kappa shape index (κ1) is 11.3. The summed E-state index contributed by atoms with van der Waals surface area (Å²) in [6.45, 7) is 1.14. The molecule has 0 saturated heterocycles. The van der Waals surface area contributed by atoms with Crippen molar-refractivity contribution < 1.29 is 4.74 Å². The number of nitrogens with one attached hydrogen (secondary N) is 1. The molecular weight excluding hydrogens is 182 g/mol. The Hall–Kier alpha value is 0.270. The van der Waals surface area contributed by atoms with Gasteiger partial charge in [-0.2, -0.15) is 11.8 Å². The third kappa shape index (κ3) is 4.34. The van der Waals surface area contributed by atoms with Crippen molar-refractivity contribution in [2.24, 2.45) is 0 Å². The second-order valence-electron chi connectivity index (χ2n) is 3.67. The van der Waals surface area contributed by atoms with Crippen molar-refractivity contribution in [2.75, 3.05) is 25.7 Å². The van der Waals surface area contributed by atoms with Gasteiger partial charge in [0.25, 0.3) is 0 Å². The maximum Gasteiger partial charge on any atom is 0.0586 e. The predicted molar refractivity (Wildman–Crippen MR) is 59.4 cm³/mol. The van der Waals surface area contributed by atoms with Crippen molar-refractivity contribution in [3.05, 3.63) is 0 Å². The quantitative estimate of drug-likeness (QED) is 0.690. The molecule has 1 N–H and O–H groups in total. The van der Waals surface area contributed by atoms with Gasteiger partial charge in [0.2, 0.25) is 0 Å². The fourth-order valence-corrected chi connectivity index (χ4v) is 2.23. The molecule has 78 valence electrons. The molecule has 0 aromatic carbocycles. The molecule has 0 aromatic rings. The number of thioether (sulfide) groups is 1. The van der Waals surface area contributed by atoms with E-state index in [2.05, 4.69) is 11.6 Å². The van der Waals surface area contributed by atoms with Gasteiger partial charge in [0.05, 0.1) is 6.10 Å². The van der Waals surface area contributed by atoms with Gasteiger partial charge in [-0.25, -0.2) is 0 Å². The van der Waals surface area contributed by atoms with E-state index < -0.39 is 0 Å². The number of ether oxygens (including phenoxy) is 1. The Balaban J connectivity index is 2.11. The first-order valence-electron chi connectivity index (χ1n) is 5.12. The van der Waals surface area contributed by atoms with E-state index in [1.807, 2.05) is 18.9 Å². The summed E-state index contributed by atoms with van der Waals surface area (Å²) >= 11 is 1.90. The summed E-state index contributed by atoms with van der Waals surface area (Å²) in [6.07, 6.45) is 7.74. The van der Waals surface area contributed by atoms with E-state index in [4.69, 9.17) is 4.74 Å². The maximum absolute atomic E-state index is 5.38. The van der Waals surface area contributed by atoms with Gasteiger partial charge in [-0.15, -0.1) is 0 Å². The van der Waals surface area contributed by atoms with Crippen molar-refractivity contribution in [3.8, 4) is 0 Å². The second kappa shape index (κ2) is 6.68. The molecule has 2 nitrogen and oxygen atoms in total. The number of hydrogen-bond acceptors (Lipinski definition) is 3. The molecule has 0 aliphatic heterocycles. The summed E-state index contributed by atoms with van der Waals surface area (Å²) in [4.78, 5) is 0. The average Bonchev–Trinajstić information content (AvgIpc) is 2.19. The van der Waals surface area contributed by atoms with Crippen LogP contribution in [0.5, 0.6) is 0 Å². The molecule has 0 heterocycles. The zero-order chi connectivity index (χ0) is 9.52. The number of rotatable bonds is 5. The van der Waals surface area contributed by atoms with Gasteiger partial charge >= 0.3 is 0 Å². The lowest BCUT2D eigenvalue weighted by Crippen LogP contribution is -2.37. The smallest absolute Gasteiger partial charge is 0.0586 e. The van der Waals surface area contributed by atoms with E-state index in [0.717, 1.165) is 6.54 Å². The predicted octanol–water partition coefficient (Wildman–Crippen LogP) is 1.90. The summed E-state index contributed by atoms with van der Waals surface area (Å²) < 4.78 is 5.38. The minimum absolute atomic E-state index is 0.500. The number of methoxy groups -OCH3 is 1. The molecule has 2 atom stereocenters. The molecule has 0 bridgehead atoms. The normalized spacial score (nSPS) is 29.1. The molecule has 1 rings (SSSR count). The molecule has 3 heteroatoms. The van der Waals surface area contributed by atoms with Crippen LogP contribution in [0.3, 0.4) is 0 Å². The minimum atomic E-state index is 0.500. The Morgan fingerprint density at radius 2 is 2.31 bits per heavy atom. The van der Waals surface area contributed by atoms with Crippen LogP contribution in [0.1, 0.15) is 25.7 Å². The van der Waals surface area contributed by atoms with Crippen LogP contribution in [0.2, 0.25) is 0 Å². The Morgan fingerprint density at radius 3 is 3.00 bits per heavy atom. The van der Waals surface area contributed by atoms with E-state index in [0.29, 0.717) is 12.1 Å². The minimum Gasteiger partial charge on any atom is -0.381 e. The van der Waals surface area contributed by atoms with E-state index in [9.17, 15) is 0 Å². The fraction of sp³-hybridized carbons (Fsp3) is 1.00. The Bertz CT molecular complexity index is 132. The highest BCUT2D eigenvalue weighted by molar-refractivity contribution is 7.98. The molecule has 1 saturated carbocycles. The maximum atomic E-state index is 5.38. The Kier molecular flexibility index (Phi) is 5.83. The van der Waals surface area contributed by atoms with Crippen LogP contribution in [-0.2, 0) is 4.74 Å². The third-order valence-electron chi connectivity index (χ3n) is 2.70. The summed E-state index contributed by atoms with van der Waals surface area (Å²) in [5.41, 5.74) is 0. The van der Waals surface area contributed by atoms with Crippen molar-refractivity contribution in [2.45, 2.75) is 37.8 Å². The first-order chi connectivity index (χ1) is 6.36. The van der Waals surface area contributed by atoms with E-state index in [1.54, 1.807) is 0 Å². The zero-order valence-corrected chi connectivity index (χ0v) is 9.53. The molecule has 0 radical (unpaired) electrons. The zero-order valence-electron chi connectivity index (χ0n) is 8.71. The van der Waals surface area contributed by atoms with Crippen LogP contribution >= 0.6 is 11.8 Å². The topological polar surface area (TPSA) is 21.3 Å². The lowest BCUT2D eigenvalue weighted by molar-refractivity contribution is 0.0592. The molecule has 0 amide bonds. The molecule has 1 aliphatic rings. The van der Waals surface area contributed by atoms with Gasteiger partial charge in [-0.3, -0.25) is 0 Å². The van der Waals surface area contributed by atoms with Crippen molar-refractivity contribution in [1.82, 2.24) is 5.32 Å². The van der Waals surface area contributed by atoms with Crippen LogP contribution in [0.15, 0.2) is 0 Å². The molecule has 13 heavy (non-hydrogen) atoms.